The van der Waals surface area contributed by atoms with Crippen molar-refractivity contribution < 1.29 is 9.84 Å². The Kier molecular flexibility index (Phi) is 3.87. The SMILES string of the molecule is CCc1ccc(C(O)CN2CC3CCC(C2)O3)cc1. The summed E-state index contributed by atoms with van der Waals surface area (Å²) in [5.41, 5.74) is 2.34. The third-order valence-corrected chi connectivity index (χ3v) is 4.32. The summed E-state index contributed by atoms with van der Waals surface area (Å²) >= 11 is 0. The summed E-state index contributed by atoms with van der Waals surface area (Å²) in [5, 5.41) is 10.3. The van der Waals surface area contributed by atoms with Crippen LogP contribution in [0.1, 0.15) is 37.0 Å². The summed E-state index contributed by atoms with van der Waals surface area (Å²) in [7, 11) is 0. The average molecular weight is 261 g/mol. The summed E-state index contributed by atoms with van der Waals surface area (Å²) in [5.74, 6) is 0. The van der Waals surface area contributed by atoms with Gasteiger partial charge in [-0.15, -0.1) is 0 Å². The first-order valence-corrected chi connectivity index (χ1v) is 7.39. The molecule has 3 unspecified atom stereocenters. The first-order chi connectivity index (χ1) is 9.24. The van der Waals surface area contributed by atoms with Gasteiger partial charge in [0.1, 0.15) is 0 Å². The molecule has 1 aromatic carbocycles. The van der Waals surface area contributed by atoms with Gasteiger partial charge in [-0.2, -0.15) is 0 Å². The number of likely N-dealkylation sites (tertiary alicyclic amines) is 1. The van der Waals surface area contributed by atoms with Gasteiger partial charge in [-0.05, 0) is 30.4 Å². The van der Waals surface area contributed by atoms with Gasteiger partial charge in [0.25, 0.3) is 0 Å². The molecular formula is C16H23NO2. The molecule has 1 aromatic rings. The lowest BCUT2D eigenvalue weighted by Crippen LogP contribution is -2.44. The molecule has 3 atom stereocenters. The fraction of sp³-hybridized carbons (Fsp3) is 0.625. The van der Waals surface area contributed by atoms with Crippen molar-refractivity contribution >= 4 is 0 Å². The highest BCUT2D eigenvalue weighted by atomic mass is 16.5. The number of aryl methyl sites for hydroxylation is 1. The van der Waals surface area contributed by atoms with Gasteiger partial charge in [0.05, 0.1) is 18.3 Å². The Morgan fingerprint density at radius 2 is 1.84 bits per heavy atom. The van der Waals surface area contributed by atoms with Crippen LogP contribution in [0.4, 0.5) is 0 Å². The molecule has 2 heterocycles. The van der Waals surface area contributed by atoms with E-state index in [1.165, 1.54) is 18.4 Å². The standard InChI is InChI=1S/C16H23NO2/c1-2-12-3-5-13(6-4-12)16(18)11-17-9-14-7-8-15(10-17)19-14/h3-6,14-16,18H,2,7-11H2,1H3. The Morgan fingerprint density at radius 1 is 1.21 bits per heavy atom. The van der Waals surface area contributed by atoms with E-state index in [1.54, 1.807) is 0 Å². The number of rotatable bonds is 4. The van der Waals surface area contributed by atoms with Crippen LogP contribution in [0.25, 0.3) is 0 Å². The van der Waals surface area contributed by atoms with Crippen LogP contribution in [0.15, 0.2) is 24.3 Å². The molecule has 2 bridgehead atoms. The molecule has 104 valence electrons. The maximum absolute atomic E-state index is 10.3. The average Bonchev–Trinajstić information content (AvgIpc) is 2.78. The van der Waals surface area contributed by atoms with Gasteiger partial charge in [-0.1, -0.05) is 31.2 Å². The van der Waals surface area contributed by atoms with Crippen LogP contribution in [0.2, 0.25) is 0 Å². The van der Waals surface area contributed by atoms with Gasteiger partial charge in [0.15, 0.2) is 0 Å². The number of hydrogen-bond acceptors (Lipinski definition) is 3. The fourth-order valence-corrected chi connectivity index (χ4v) is 3.17. The number of aliphatic hydroxyl groups excluding tert-OH is 1. The lowest BCUT2D eigenvalue weighted by Gasteiger charge is -2.33. The van der Waals surface area contributed by atoms with Gasteiger partial charge in [0, 0.05) is 19.6 Å². The van der Waals surface area contributed by atoms with Crippen molar-refractivity contribution in [2.75, 3.05) is 19.6 Å². The number of nitrogens with zero attached hydrogens (tertiary/aromatic N) is 1. The topological polar surface area (TPSA) is 32.7 Å². The molecule has 0 amide bonds. The van der Waals surface area contributed by atoms with Crippen molar-refractivity contribution in [1.29, 1.82) is 0 Å². The molecule has 2 saturated heterocycles. The van der Waals surface area contributed by atoms with Crippen LogP contribution in [-0.2, 0) is 11.2 Å². The first-order valence-electron chi connectivity index (χ1n) is 7.39. The molecule has 0 aromatic heterocycles. The second kappa shape index (κ2) is 5.61. The number of benzene rings is 1. The van der Waals surface area contributed by atoms with Crippen LogP contribution >= 0.6 is 0 Å². The van der Waals surface area contributed by atoms with Crippen LogP contribution in [0.5, 0.6) is 0 Å². The van der Waals surface area contributed by atoms with E-state index in [2.05, 4.69) is 36.1 Å². The minimum absolute atomic E-state index is 0.386. The Morgan fingerprint density at radius 3 is 2.42 bits per heavy atom. The van der Waals surface area contributed by atoms with E-state index in [4.69, 9.17) is 4.74 Å². The maximum Gasteiger partial charge on any atom is 0.0916 e. The molecule has 0 spiro atoms. The zero-order chi connectivity index (χ0) is 13.2. The van der Waals surface area contributed by atoms with Gasteiger partial charge >= 0.3 is 0 Å². The molecule has 19 heavy (non-hydrogen) atoms. The highest BCUT2D eigenvalue weighted by Crippen LogP contribution is 2.27. The Labute approximate surface area is 115 Å². The van der Waals surface area contributed by atoms with Crippen LogP contribution in [0, 0.1) is 0 Å². The molecule has 3 rings (SSSR count). The highest BCUT2D eigenvalue weighted by Gasteiger charge is 2.34. The molecule has 2 aliphatic heterocycles. The lowest BCUT2D eigenvalue weighted by molar-refractivity contribution is -0.0497. The molecule has 1 N–H and O–H groups in total. The van der Waals surface area contributed by atoms with E-state index in [9.17, 15) is 5.11 Å². The molecule has 2 aliphatic rings. The Bertz CT molecular complexity index is 405. The summed E-state index contributed by atoms with van der Waals surface area (Å²) < 4.78 is 5.82. The summed E-state index contributed by atoms with van der Waals surface area (Å²) in [4.78, 5) is 2.35. The van der Waals surface area contributed by atoms with Gasteiger partial charge < -0.3 is 9.84 Å². The lowest BCUT2D eigenvalue weighted by atomic mass is 10.1. The van der Waals surface area contributed by atoms with E-state index in [1.807, 2.05) is 0 Å². The predicted molar refractivity (Wildman–Crippen MR) is 75.1 cm³/mol. The molecule has 3 nitrogen and oxygen atoms in total. The quantitative estimate of drug-likeness (QED) is 0.901. The summed E-state index contributed by atoms with van der Waals surface area (Å²) in [6.45, 7) is 4.82. The van der Waals surface area contributed by atoms with Gasteiger partial charge in [-0.25, -0.2) is 0 Å². The third kappa shape index (κ3) is 2.99. The van der Waals surface area contributed by atoms with Crippen molar-refractivity contribution in [1.82, 2.24) is 4.90 Å². The van der Waals surface area contributed by atoms with Crippen molar-refractivity contribution in [3.8, 4) is 0 Å². The number of β-amino-alcohol motifs (C(OH)–C–C–N with tert-alkyl or cyclic N) is 1. The van der Waals surface area contributed by atoms with E-state index >= 15 is 0 Å². The number of hydrogen-bond donors (Lipinski definition) is 1. The van der Waals surface area contributed by atoms with Crippen LogP contribution in [-0.4, -0.2) is 41.8 Å². The highest BCUT2D eigenvalue weighted by molar-refractivity contribution is 5.24. The smallest absolute Gasteiger partial charge is 0.0916 e. The second-order valence-electron chi connectivity index (χ2n) is 5.79. The number of aliphatic hydroxyl groups is 1. The molecule has 0 aliphatic carbocycles. The monoisotopic (exact) mass is 261 g/mol. The molecule has 0 saturated carbocycles. The van der Waals surface area contributed by atoms with E-state index in [0.717, 1.165) is 31.6 Å². The minimum Gasteiger partial charge on any atom is -0.387 e. The zero-order valence-corrected chi connectivity index (χ0v) is 11.6. The van der Waals surface area contributed by atoms with Crippen LogP contribution < -0.4 is 0 Å². The van der Waals surface area contributed by atoms with E-state index in [-0.39, 0.29) is 6.10 Å². The van der Waals surface area contributed by atoms with Crippen molar-refractivity contribution in [2.45, 2.75) is 44.5 Å². The van der Waals surface area contributed by atoms with Gasteiger partial charge in [0.2, 0.25) is 0 Å². The molecule has 0 radical (unpaired) electrons. The van der Waals surface area contributed by atoms with E-state index in [0.29, 0.717) is 12.2 Å². The number of ether oxygens (including phenoxy) is 1. The second-order valence-corrected chi connectivity index (χ2v) is 5.79. The summed E-state index contributed by atoms with van der Waals surface area (Å²) in [6, 6.07) is 8.33. The predicted octanol–water partition coefficient (Wildman–Crippen LogP) is 2.15. The van der Waals surface area contributed by atoms with Crippen LogP contribution in [0.3, 0.4) is 0 Å². The molecule has 3 heteroatoms. The minimum atomic E-state index is -0.386. The van der Waals surface area contributed by atoms with Crippen molar-refractivity contribution in [3.05, 3.63) is 35.4 Å². The first kappa shape index (κ1) is 13.1. The Hall–Kier alpha value is -0.900. The van der Waals surface area contributed by atoms with E-state index < -0.39 is 0 Å². The number of fused-ring (bicyclic) bond motifs is 2. The largest absolute Gasteiger partial charge is 0.387 e. The van der Waals surface area contributed by atoms with Gasteiger partial charge in [-0.3, -0.25) is 4.90 Å². The molecule has 2 fully saturated rings. The normalized spacial score (nSPS) is 28.5. The zero-order valence-electron chi connectivity index (χ0n) is 11.6. The van der Waals surface area contributed by atoms with Crippen molar-refractivity contribution in [2.24, 2.45) is 0 Å². The summed E-state index contributed by atoms with van der Waals surface area (Å²) in [6.07, 6.45) is 3.82. The Balaban J connectivity index is 1.59. The third-order valence-electron chi connectivity index (χ3n) is 4.32. The number of morpholine rings is 1. The van der Waals surface area contributed by atoms with Crippen molar-refractivity contribution in [3.63, 3.8) is 0 Å². The maximum atomic E-state index is 10.3. The molecular weight excluding hydrogens is 238 g/mol. The fourth-order valence-electron chi connectivity index (χ4n) is 3.17.